The quantitative estimate of drug-likeness (QED) is 0.848. The first-order valence-corrected chi connectivity index (χ1v) is 6.83. The number of hydrogen-bond acceptors (Lipinski definition) is 2. The first kappa shape index (κ1) is 13.1. The van der Waals surface area contributed by atoms with Crippen LogP contribution in [0.4, 0.5) is 0 Å². The maximum absolute atomic E-state index is 4.73. The van der Waals surface area contributed by atoms with Crippen LogP contribution in [0.2, 0.25) is 0 Å². The third-order valence-electron chi connectivity index (χ3n) is 3.62. The second-order valence-electron chi connectivity index (χ2n) is 4.91. The molecule has 0 radical (unpaired) electrons. The Kier molecular flexibility index (Phi) is 4.37. The maximum Gasteiger partial charge on any atom is 0.111 e. The molecule has 3 heteroatoms. The van der Waals surface area contributed by atoms with Crippen molar-refractivity contribution < 1.29 is 0 Å². The number of aromatic nitrogens is 2. The number of hydrogen-bond donors (Lipinski definition) is 1. The molecule has 0 fully saturated rings. The molecule has 0 aliphatic rings. The molecule has 0 aliphatic carbocycles. The Hall–Kier alpha value is -1.35. The van der Waals surface area contributed by atoms with Gasteiger partial charge in [0.05, 0.1) is 11.0 Å². The van der Waals surface area contributed by atoms with Crippen LogP contribution in [0.25, 0.3) is 11.0 Å². The zero-order chi connectivity index (χ0) is 13.0. The Labute approximate surface area is 109 Å². The number of rotatable bonds is 6. The van der Waals surface area contributed by atoms with E-state index in [9.17, 15) is 0 Å². The van der Waals surface area contributed by atoms with Gasteiger partial charge in [0.1, 0.15) is 5.82 Å². The van der Waals surface area contributed by atoms with Gasteiger partial charge in [-0.2, -0.15) is 0 Å². The molecule has 0 saturated carbocycles. The first-order valence-electron chi connectivity index (χ1n) is 6.83. The molecule has 1 heterocycles. The number of imidazole rings is 1. The van der Waals surface area contributed by atoms with Gasteiger partial charge in [0, 0.05) is 19.5 Å². The van der Waals surface area contributed by atoms with Crippen molar-refractivity contribution in [1.82, 2.24) is 14.9 Å². The summed E-state index contributed by atoms with van der Waals surface area (Å²) in [5.41, 5.74) is 2.32. The second-order valence-corrected chi connectivity index (χ2v) is 4.91. The fourth-order valence-electron chi connectivity index (χ4n) is 2.40. The minimum absolute atomic E-state index is 0.528. The van der Waals surface area contributed by atoms with Crippen molar-refractivity contribution >= 4 is 11.0 Å². The summed E-state index contributed by atoms with van der Waals surface area (Å²) in [4.78, 5) is 4.73. The van der Waals surface area contributed by atoms with Gasteiger partial charge in [-0.3, -0.25) is 0 Å². The molecule has 0 aliphatic heterocycles. The van der Waals surface area contributed by atoms with Crippen LogP contribution in [-0.2, 0) is 13.5 Å². The molecule has 98 valence electrons. The van der Waals surface area contributed by atoms with E-state index in [1.165, 1.54) is 30.6 Å². The van der Waals surface area contributed by atoms with E-state index in [1.54, 1.807) is 0 Å². The molecular formula is C15H23N3. The summed E-state index contributed by atoms with van der Waals surface area (Å²) in [6, 6.07) is 8.86. The lowest BCUT2D eigenvalue weighted by Crippen LogP contribution is -2.28. The van der Waals surface area contributed by atoms with E-state index in [0.717, 1.165) is 11.9 Å². The summed E-state index contributed by atoms with van der Waals surface area (Å²) in [7, 11) is 4.15. The van der Waals surface area contributed by atoms with Crippen LogP contribution in [0.15, 0.2) is 24.3 Å². The van der Waals surface area contributed by atoms with Gasteiger partial charge in [-0.1, -0.05) is 31.9 Å². The number of unbranched alkanes of at least 4 members (excludes halogenated alkanes) is 1. The highest BCUT2D eigenvalue weighted by atomic mass is 15.1. The van der Waals surface area contributed by atoms with E-state index in [2.05, 4.69) is 42.1 Å². The number of nitrogens with zero attached hydrogens (tertiary/aromatic N) is 2. The summed E-state index contributed by atoms with van der Waals surface area (Å²) < 4.78 is 2.21. The standard InChI is InChI=1S/C15H23N3/c1-4-5-8-12(16-2)11-15-17-13-9-6-7-10-14(13)18(15)3/h6-7,9-10,12,16H,4-5,8,11H2,1-3H3. The van der Waals surface area contributed by atoms with E-state index >= 15 is 0 Å². The molecule has 3 nitrogen and oxygen atoms in total. The number of para-hydroxylation sites is 2. The Bertz CT molecular complexity index is 501. The van der Waals surface area contributed by atoms with Gasteiger partial charge in [0.25, 0.3) is 0 Å². The second kappa shape index (κ2) is 6.01. The van der Waals surface area contributed by atoms with Gasteiger partial charge in [-0.05, 0) is 25.6 Å². The van der Waals surface area contributed by atoms with E-state index in [0.29, 0.717) is 6.04 Å². The summed E-state index contributed by atoms with van der Waals surface area (Å²) >= 11 is 0. The topological polar surface area (TPSA) is 29.9 Å². The van der Waals surface area contributed by atoms with Crippen molar-refractivity contribution in [3.63, 3.8) is 0 Å². The lowest BCUT2D eigenvalue weighted by atomic mass is 10.1. The van der Waals surface area contributed by atoms with Crippen LogP contribution in [0.1, 0.15) is 32.0 Å². The number of likely N-dealkylation sites (N-methyl/N-ethyl adjacent to an activating group) is 1. The number of aryl methyl sites for hydroxylation is 1. The van der Waals surface area contributed by atoms with Gasteiger partial charge in [0.15, 0.2) is 0 Å². The van der Waals surface area contributed by atoms with Gasteiger partial charge < -0.3 is 9.88 Å². The fourth-order valence-corrected chi connectivity index (χ4v) is 2.40. The molecule has 2 rings (SSSR count). The molecular weight excluding hydrogens is 222 g/mol. The van der Waals surface area contributed by atoms with E-state index in [1.807, 2.05) is 13.1 Å². The van der Waals surface area contributed by atoms with Crippen molar-refractivity contribution in [3.05, 3.63) is 30.1 Å². The summed E-state index contributed by atoms with van der Waals surface area (Å²) in [5, 5.41) is 3.40. The van der Waals surface area contributed by atoms with Crippen LogP contribution >= 0.6 is 0 Å². The van der Waals surface area contributed by atoms with E-state index in [4.69, 9.17) is 4.98 Å². The predicted octanol–water partition coefficient (Wildman–Crippen LogP) is 2.89. The number of benzene rings is 1. The van der Waals surface area contributed by atoms with Crippen molar-refractivity contribution in [3.8, 4) is 0 Å². The summed E-state index contributed by atoms with van der Waals surface area (Å²) in [6.45, 7) is 2.24. The van der Waals surface area contributed by atoms with Crippen molar-refractivity contribution in [2.45, 2.75) is 38.6 Å². The van der Waals surface area contributed by atoms with E-state index < -0.39 is 0 Å². The summed E-state index contributed by atoms with van der Waals surface area (Å²) in [6.07, 6.45) is 4.74. The molecule has 0 bridgehead atoms. The molecule has 1 aromatic carbocycles. The zero-order valence-corrected chi connectivity index (χ0v) is 11.6. The SMILES string of the molecule is CCCCC(Cc1nc2ccccc2n1C)NC. The normalized spacial score (nSPS) is 13.1. The highest BCUT2D eigenvalue weighted by Gasteiger charge is 2.12. The van der Waals surface area contributed by atoms with E-state index in [-0.39, 0.29) is 0 Å². The molecule has 1 N–H and O–H groups in total. The maximum atomic E-state index is 4.73. The van der Waals surface area contributed by atoms with Crippen LogP contribution in [-0.4, -0.2) is 22.6 Å². The highest BCUT2D eigenvalue weighted by Crippen LogP contribution is 2.16. The molecule has 1 unspecified atom stereocenters. The van der Waals surface area contributed by atoms with Crippen LogP contribution in [0.3, 0.4) is 0 Å². The largest absolute Gasteiger partial charge is 0.331 e. The lowest BCUT2D eigenvalue weighted by Gasteiger charge is -2.15. The first-order chi connectivity index (χ1) is 8.76. The minimum atomic E-state index is 0.528. The molecule has 1 atom stereocenters. The smallest absolute Gasteiger partial charge is 0.111 e. The Morgan fingerprint density at radius 1 is 1.33 bits per heavy atom. The van der Waals surface area contributed by atoms with Gasteiger partial charge >= 0.3 is 0 Å². The summed E-state index contributed by atoms with van der Waals surface area (Å²) in [5.74, 6) is 1.17. The highest BCUT2D eigenvalue weighted by molar-refractivity contribution is 5.75. The third-order valence-corrected chi connectivity index (χ3v) is 3.62. The predicted molar refractivity (Wildman–Crippen MR) is 76.8 cm³/mol. The number of nitrogens with one attached hydrogen (secondary N) is 1. The zero-order valence-electron chi connectivity index (χ0n) is 11.6. The number of fused-ring (bicyclic) bond motifs is 1. The lowest BCUT2D eigenvalue weighted by molar-refractivity contribution is 0.485. The van der Waals surface area contributed by atoms with Crippen LogP contribution < -0.4 is 5.32 Å². The third kappa shape index (κ3) is 2.72. The van der Waals surface area contributed by atoms with Gasteiger partial charge in [-0.15, -0.1) is 0 Å². The molecule has 0 saturated heterocycles. The van der Waals surface area contributed by atoms with Crippen LogP contribution in [0.5, 0.6) is 0 Å². The molecule has 1 aromatic heterocycles. The van der Waals surface area contributed by atoms with Gasteiger partial charge in [0.2, 0.25) is 0 Å². The van der Waals surface area contributed by atoms with Crippen molar-refractivity contribution in [1.29, 1.82) is 0 Å². The Morgan fingerprint density at radius 3 is 2.78 bits per heavy atom. The molecule has 0 amide bonds. The average Bonchev–Trinajstić information content (AvgIpc) is 2.72. The van der Waals surface area contributed by atoms with Gasteiger partial charge in [-0.25, -0.2) is 4.98 Å². The minimum Gasteiger partial charge on any atom is -0.331 e. The van der Waals surface area contributed by atoms with Crippen LogP contribution in [0, 0.1) is 0 Å². The Morgan fingerprint density at radius 2 is 2.11 bits per heavy atom. The van der Waals surface area contributed by atoms with Crippen molar-refractivity contribution in [2.24, 2.45) is 7.05 Å². The average molecular weight is 245 g/mol. The monoisotopic (exact) mass is 245 g/mol. The van der Waals surface area contributed by atoms with Crippen molar-refractivity contribution in [2.75, 3.05) is 7.05 Å². The molecule has 18 heavy (non-hydrogen) atoms. The molecule has 0 spiro atoms. The Balaban J connectivity index is 2.17. The fraction of sp³-hybridized carbons (Fsp3) is 0.533. The molecule has 2 aromatic rings.